The minimum absolute atomic E-state index is 0.0788. The predicted octanol–water partition coefficient (Wildman–Crippen LogP) is 3.33. The van der Waals surface area contributed by atoms with E-state index in [1.165, 1.54) is 24.1 Å². The van der Waals surface area contributed by atoms with Crippen LogP contribution in [0, 0.1) is 5.41 Å². The third-order valence-electron chi connectivity index (χ3n) is 3.86. The summed E-state index contributed by atoms with van der Waals surface area (Å²) in [4.78, 5) is 27.3. The zero-order valence-corrected chi connectivity index (χ0v) is 14.0. The normalized spacial score (nSPS) is 12.8. The van der Waals surface area contributed by atoms with Gasteiger partial charge in [0.05, 0.1) is 11.3 Å². The number of allylic oxidation sites excluding steroid dienone is 2. The van der Waals surface area contributed by atoms with Gasteiger partial charge in [0, 0.05) is 23.7 Å². The predicted molar refractivity (Wildman–Crippen MR) is 103 cm³/mol. The molecule has 0 aliphatic carbocycles. The van der Waals surface area contributed by atoms with Crippen LogP contribution < -0.4 is 5.32 Å². The van der Waals surface area contributed by atoms with Gasteiger partial charge < -0.3 is 10.7 Å². The number of benzene rings is 2. The van der Waals surface area contributed by atoms with E-state index in [2.05, 4.69) is 10.3 Å². The molecular weight excluding hydrogens is 326 g/mol. The van der Waals surface area contributed by atoms with Crippen LogP contribution in [0.25, 0.3) is 0 Å². The first-order valence-corrected chi connectivity index (χ1v) is 8.09. The SMILES string of the molecule is N=C(/C=C(\C=O)C(=O)Nc1cccc(Cc2ccccc2)c1)C1=CN=C1. The van der Waals surface area contributed by atoms with E-state index in [9.17, 15) is 9.59 Å². The van der Waals surface area contributed by atoms with Crippen LogP contribution in [-0.2, 0) is 16.0 Å². The van der Waals surface area contributed by atoms with Gasteiger partial charge in [-0.2, -0.15) is 0 Å². The van der Waals surface area contributed by atoms with Crippen LogP contribution >= 0.6 is 0 Å². The smallest absolute Gasteiger partial charge is 0.259 e. The molecule has 1 aliphatic rings. The van der Waals surface area contributed by atoms with E-state index in [0.29, 0.717) is 17.5 Å². The molecule has 0 atom stereocenters. The van der Waals surface area contributed by atoms with E-state index in [4.69, 9.17) is 5.41 Å². The number of aldehydes is 1. The van der Waals surface area contributed by atoms with Crippen molar-refractivity contribution >= 4 is 29.8 Å². The number of hydrogen-bond donors (Lipinski definition) is 2. The van der Waals surface area contributed by atoms with Crippen LogP contribution in [0.5, 0.6) is 0 Å². The van der Waals surface area contributed by atoms with Gasteiger partial charge >= 0.3 is 0 Å². The maximum Gasteiger partial charge on any atom is 0.259 e. The van der Waals surface area contributed by atoms with Crippen molar-refractivity contribution < 1.29 is 9.59 Å². The molecule has 3 rings (SSSR count). The van der Waals surface area contributed by atoms with Crippen molar-refractivity contribution in [2.24, 2.45) is 4.99 Å². The van der Waals surface area contributed by atoms with E-state index < -0.39 is 5.91 Å². The van der Waals surface area contributed by atoms with Crippen LogP contribution in [0.3, 0.4) is 0 Å². The van der Waals surface area contributed by atoms with Gasteiger partial charge in [-0.3, -0.25) is 14.6 Å². The van der Waals surface area contributed by atoms with Crippen molar-refractivity contribution in [1.29, 1.82) is 5.41 Å². The van der Waals surface area contributed by atoms with Gasteiger partial charge in [-0.25, -0.2) is 0 Å². The zero-order chi connectivity index (χ0) is 18.4. The summed E-state index contributed by atoms with van der Waals surface area (Å²) in [6.45, 7) is 0. The number of hydrogen-bond acceptors (Lipinski definition) is 4. The number of anilines is 1. The number of amides is 1. The van der Waals surface area contributed by atoms with Crippen molar-refractivity contribution in [3.63, 3.8) is 0 Å². The Bertz CT molecular complexity index is 941. The van der Waals surface area contributed by atoms with Gasteiger partial charge in [0.2, 0.25) is 0 Å². The Morgan fingerprint density at radius 1 is 1.08 bits per heavy atom. The molecule has 128 valence electrons. The number of rotatable bonds is 7. The largest absolute Gasteiger partial charge is 0.322 e. The van der Waals surface area contributed by atoms with Crippen molar-refractivity contribution in [3.8, 4) is 0 Å². The number of nitrogens with one attached hydrogen (secondary N) is 2. The van der Waals surface area contributed by atoms with Crippen molar-refractivity contribution in [2.75, 3.05) is 5.32 Å². The van der Waals surface area contributed by atoms with E-state index in [0.717, 1.165) is 12.0 Å². The lowest BCUT2D eigenvalue weighted by Gasteiger charge is -2.09. The van der Waals surface area contributed by atoms with Crippen molar-refractivity contribution in [3.05, 3.63) is 89.1 Å². The first-order valence-electron chi connectivity index (χ1n) is 8.09. The molecule has 0 bridgehead atoms. The molecule has 2 aromatic rings. The number of carbonyl (C=O) groups is 2. The molecule has 2 N–H and O–H groups in total. The Labute approximate surface area is 151 Å². The van der Waals surface area contributed by atoms with Crippen LogP contribution in [0.4, 0.5) is 5.69 Å². The fourth-order valence-corrected chi connectivity index (χ4v) is 2.47. The highest BCUT2D eigenvalue weighted by Gasteiger charge is 2.13. The lowest BCUT2D eigenvalue weighted by Crippen LogP contribution is -2.17. The average molecular weight is 343 g/mol. The topological polar surface area (TPSA) is 82.4 Å². The molecule has 5 nitrogen and oxygen atoms in total. The highest BCUT2D eigenvalue weighted by atomic mass is 16.2. The summed E-state index contributed by atoms with van der Waals surface area (Å²) < 4.78 is 0. The Morgan fingerprint density at radius 2 is 1.81 bits per heavy atom. The molecule has 5 heteroatoms. The lowest BCUT2D eigenvalue weighted by atomic mass is 10.0. The molecule has 1 amide bonds. The first kappa shape index (κ1) is 17.2. The molecular formula is C21H17N3O2. The van der Waals surface area contributed by atoms with Gasteiger partial charge in [0.15, 0.2) is 6.29 Å². The number of nitrogens with zero attached hydrogens (tertiary/aromatic N) is 1. The van der Waals surface area contributed by atoms with Crippen LogP contribution in [0.2, 0.25) is 0 Å². The number of aliphatic imine (C=N–C) groups is 1. The lowest BCUT2D eigenvalue weighted by molar-refractivity contribution is -0.115. The van der Waals surface area contributed by atoms with Gasteiger partial charge in [0.1, 0.15) is 0 Å². The molecule has 1 heterocycles. The minimum atomic E-state index is -0.543. The molecule has 2 aromatic carbocycles. The van der Waals surface area contributed by atoms with Gasteiger partial charge in [-0.1, -0.05) is 42.5 Å². The first-order chi connectivity index (χ1) is 12.7. The quantitative estimate of drug-likeness (QED) is 0.266. The van der Waals surface area contributed by atoms with Crippen molar-refractivity contribution in [1.82, 2.24) is 0 Å². The van der Waals surface area contributed by atoms with E-state index in [1.807, 2.05) is 48.5 Å². The summed E-state index contributed by atoms with van der Waals surface area (Å²) in [5.74, 6) is -0.543. The molecule has 0 fully saturated rings. The Hall–Kier alpha value is -3.60. The second-order valence-electron chi connectivity index (χ2n) is 5.81. The second-order valence-corrected chi connectivity index (χ2v) is 5.81. The van der Waals surface area contributed by atoms with Crippen LogP contribution in [0.15, 0.2) is 83.0 Å². The summed E-state index contributed by atoms with van der Waals surface area (Å²) in [7, 11) is 0. The molecule has 1 aliphatic heterocycles. The molecule has 0 spiro atoms. The van der Waals surface area contributed by atoms with Crippen molar-refractivity contribution in [2.45, 2.75) is 6.42 Å². The molecule has 0 saturated heterocycles. The summed E-state index contributed by atoms with van der Waals surface area (Å²) in [5, 5.41) is 10.5. The molecule has 26 heavy (non-hydrogen) atoms. The standard InChI is InChI=1S/C21H17N3O2/c22-20(18-12-23-13-18)11-17(14-25)21(26)24-19-8-4-7-16(10-19)9-15-5-2-1-3-6-15/h1-8,10-14,22H,9H2,(H,24,26)/b17-11+,22-20?. The van der Waals surface area contributed by atoms with E-state index in [1.54, 1.807) is 6.07 Å². The second kappa shape index (κ2) is 7.98. The third kappa shape index (κ3) is 4.27. The minimum Gasteiger partial charge on any atom is -0.322 e. The van der Waals surface area contributed by atoms with Gasteiger partial charge in [-0.05, 0) is 35.8 Å². The maximum absolute atomic E-state index is 12.3. The Balaban J connectivity index is 1.70. The summed E-state index contributed by atoms with van der Waals surface area (Å²) in [5.41, 5.74) is 3.39. The molecule has 0 saturated carbocycles. The van der Waals surface area contributed by atoms with Gasteiger partial charge in [0.25, 0.3) is 5.91 Å². The van der Waals surface area contributed by atoms with Gasteiger partial charge in [-0.15, -0.1) is 0 Å². The summed E-state index contributed by atoms with van der Waals surface area (Å²) in [6.07, 6.45) is 5.46. The Kier molecular flexibility index (Phi) is 5.29. The van der Waals surface area contributed by atoms with Crippen LogP contribution in [-0.4, -0.2) is 24.1 Å². The number of carbonyl (C=O) groups excluding carboxylic acids is 2. The fraction of sp³-hybridized carbons (Fsp3) is 0.0476. The summed E-state index contributed by atoms with van der Waals surface area (Å²) >= 11 is 0. The highest BCUT2D eigenvalue weighted by molar-refractivity contribution is 6.27. The molecule has 0 unspecified atom stereocenters. The average Bonchev–Trinajstić information content (AvgIpc) is 2.59. The maximum atomic E-state index is 12.3. The third-order valence-corrected chi connectivity index (χ3v) is 3.86. The van der Waals surface area contributed by atoms with E-state index in [-0.39, 0.29) is 11.3 Å². The Morgan fingerprint density at radius 3 is 2.46 bits per heavy atom. The molecule has 0 radical (unpaired) electrons. The monoisotopic (exact) mass is 343 g/mol. The molecule has 0 aromatic heterocycles. The summed E-state index contributed by atoms with van der Waals surface area (Å²) in [6, 6.07) is 17.5. The highest BCUT2D eigenvalue weighted by Crippen LogP contribution is 2.15. The zero-order valence-electron chi connectivity index (χ0n) is 14.0. The van der Waals surface area contributed by atoms with E-state index >= 15 is 0 Å². The fourth-order valence-electron chi connectivity index (χ4n) is 2.47. The van der Waals surface area contributed by atoms with Crippen LogP contribution in [0.1, 0.15) is 11.1 Å².